The van der Waals surface area contributed by atoms with Gasteiger partial charge in [-0.3, -0.25) is 9.79 Å². The Kier molecular flexibility index (Phi) is 4.25. The summed E-state index contributed by atoms with van der Waals surface area (Å²) in [6.07, 6.45) is 0. The molecule has 5 nitrogen and oxygen atoms in total. The number of carbonyl (C=O) groups is 1. The van der Waals surface area contributed by atoms with Crippen molar-refractivity contribution in [3.8, 4) is 11.5 Å². The van der Waals surface area contributed by atoms with Gasteiger partial charge in [0.1, 0.15) is 17.5 Å². The quantitative estimate of drug-likeness (QED) is 0.944. The molecule has 0 saturated carbocycles. The van der Waals surface area contributed by atoms with Gasteiger partial charge in [-0.1, -0.05) is 0 Å². The number of phenols is 1. The number of aromatic hydroxyl groups is 1. The van der Waals surface area contributed by atoms with E-state index in [1.165, 1.54) is 0 Å². The molecule has 0 unspecified atom stereocenters. The Morgan fingerprint density at radius 1 is 1.21 bits per heavy atom. The summed E-state index contributed by atoms with van der Waals surface area (Å²) < 4.78 is 5.20. The van der Waals surface area contributed by atoms with E-state index in [0.717, 1.165) is 22.6 Å². The number of benzene rings is 2. The Hall–Kier alpha value is -2.82. The molecule has 2 aromatic rings. The summed E-state index contributed by atoms with van der Waals surface area (Å²) in [5, 5.41) is 9.94. The van der Waals surface area contributed by atoms with E-state index in [1.807, 2.05) is 31.2 Å². The molecule has 0 aliphatic carbocycles. The number of benzodiazepines with no additional fused rings is 1. The Morgan fingerprint density at radius 3 is 2.54 bits per heavy atom. The Morgan fingerprint density at radius 2 is 1.92 bits per heavy atom. The molecule has 1 heterocycles. The summed E-state index contributed by atoms with van der Waals surface area (Å²) in [6, 6.07) is 12.1. The van der Waals surface area contributed by atoms with E-state index in [-0.39, 0.29) is 11.7 Å². The molecule has 0 bridgehead atoms. The van der Waals surface area contributed by atoms with Crippen LogP contribution in [0.25, 0.3) is 0 Å². The first-order valence-corrected chi connectivity index (χ1v) is 7.92. The van der Waals surface area contributed by atoms with Crippen molar-refractivity contribution in [2.24, 2.45) is 4.99 Å². The molecule has 0 spiro atoms. The summed E-state index contributed by atoms with van der Waals surface area (Å²) in [4.78, 5) is 19.0. The SMILES string of the molecule is CCN1C(=O)[C@H](C)N=C(c2ccc(OC)cc2)c2cc(O)ccc21. The molecule has 124 valence electrons. The number of hydrogen-bond donors (Lipinski definition) is 1. The molecule has 24 heavy (non-hydrogen) atoms. The van der Waals surface area contributed by atoms with Crippen molar-refractivity contribution < 1.29 is 14.6 Å². The third-order valence-corrected chi connectivity index (χ3v) is 4.15. The summed E-state index contributed by atoms with van der Waals surface area (Å²) in [7, 11) is 1.62. The number of fused-ring (bicyclic) bond motifs is 1. The lowest BCUT2D eigenvalue weighted by molar-refractivity contribution is -0.119. The minimum Gasteiger partial charge on any atom is -0.508 e. The van der Waals surface area contributed by atoms with Gasteiger partial charge in [-0.15, -0.1) is 0 Å². The number of likely N-dealkylation sites (N-methyl/N-ethyl adjacent to an activating group) is 1. The van der Waals surface area contributed by atoms with Crippen LogP contribution in [0.1, 0.15) is 25.0 Å². The van der Waals surface area contributed by atoms with Gasteiger partial charge in [0.25, 0.3) is 5.91 Å². The maximum atomic E-state index is 12.6. The number of amides is 1. The minimum absolute atomic E-state index is 0.0482. The smallest absolute Gasteiger partial charge is 0.251 e. The van der Waals surface area contributed by atoms with E-state index in [9.17, 15) is 9.90 Å². The number of phenolic OH excluding ortho intramolecular Hbond substituents is 1. The fraction of sp³-hybridized carbons (Fsp3) is 0.263. The number of ether oxygens (including phenoxy) is 1. The molecule has 1 atom stereocenters. The fourth-order valence-corrected chi connectivity index (χ4v) is 2.92. The zero-order chi connectivity index (χ0) is 17.3. The molecule has 0 aromatic heterocycles. The number of carbonyl (C=O) groups excluding carboxylic acids is 1. The molecule has 1 aliphatic rings. The highest BCUT2D eigenvalue weighted by molar-refractivity contribution is 6.20. The van der Waals surface area contributed by atoms with Gasteiger partial charge in [-0.05, 0) is 56.3 Å². The average Bonchev–Trinajstić information content (AvgIpc) is 2.70. The molecule has 1 amide bonds. The summed E-state index contributed by atoms with van der Waals surface area (Å²) in [6.45, 7) is 4.27. The van der Waals surface area contributed by atoms with Crippen LogP contribution in [0, 0.1) is 0 Å². The van der Waals surface area contributed by atoms with Gasteiger partial charge in [0.2, 0.25) is 0 Å². The molecular weight excluding hydrogens is 304 g/mol. The molecule has 0 fully saturated rings. The zero-order valence-corrected chi connectivity index (χ0v) is 14.0. The van der Waals surface area contributed by atoms with Gasteiger partial charge in [0.05, 0.1) is 18.5 Å². The maximum absolute atomic E-state index is 12.6. The van der Waals surface area contributed by atoms with Crippen LogP contribution in [-0.2, 0) is 4.79 Å². The van der Waals surface area contributed by atoms with E-state index in [2.05, 4.69) is 4.99 Å². The number of aliphatic imine (C=N–C) groups is 1. The number of rotatable bonds is 3. The van der Waals surface area contributed by atoms with E-state index in [0.29, 0.717) is 12.3 Å². The van der Waals surface area contributed by atoms with Crippen molar-refractivity contribution in [2.45, 2.75) is 19.9 Å². The second-order valence-electron chi connectivity index (χ2n) is 5.67. The molecule has 0 radical (unpaired) electrons. The first kappa shape index (κ1) is 16.1. The van der Waals surface area contributed by atoms with Gasteiger partial charge in [-0.25, -0.2) is 0 Å². The third kappa shape index (κ3) is 2.73. The molecule has 5 heteroatoms. The van der Waals surface area contributed by atoms with Gasteiger partial charge < -0.3 is 14.7 Å². The lowest BCUT2D eigenvalue weighted by Gasteiger charge is -2.22. The monoisotopic (exact) mass is 324 g/mol. The predicted octanol–water partition coefficient (Wildman–Crippen LogP) is 2.99. The highest BCUT2D eigenvalue weighted by Crippen LogP contribution is 2.31. The molecule has 2 aromatic carbocycles. The van der Waals surface area contributed by atoms with E-state index in [1.54, 1.807) is 37.1 Å². The lowest BCUT2D eigenvalue weighted by Crippen LogP contribution is -2.36. The number of methoxy groups -OCH3 is 1. The van der Waals surface area contributed by atoms with Gasteiger partial charge in [0, 0.05) is 17.7 Å². The Bertz CT molecular complexity index is 797. The predicted molar refractivity (Wildman–Crippen MR) is 94.2 cm³/mol. The van der Waals surface area contributed by atoms with E-state index in [4.69, 9.17) is 4.74 Å². The average molecular weight is 324 g/mol. The van der Waals surface area contributed by atoms with Gasteiger partial charge >= 0.3 is 0 Å². The van der Waals surface area contributed by atoms with Crippen molar-refractivity contribution in [3.05, 3.63) is 53.6 Å². The van der Waals surface area contributed by atoms with Crippen LogP contribution in [0.15, 0.2) is 47.5 Å². The largest absolute Gasteiger partial charge is 0.508 e. The summed E-state index contributed by atoms with van der Waals surface area (Å²) in [5.41, 5.74) is 3.08. The first-order chi connectivity index (χ1) is 11.5. The normalized spacial score (nSPS) is 17.1. The van der Waals surface area contributed by atoms with Crippen LogP contribution in [0.5, 0.6) is 11.5 Å². The van der Waals surface area contributed by atoms with Crippen LogP contribution in [0.2, 0.25) is 0 Å². The van der Waals surface area contributed by atoms with Crippen LogP contribution in [-0.4, -0.2) is 36.4 Å². The summed E-state index contributed by atoms with van der Waals surface area (Å²) >= 11 is 0. The third-order valence-electron chi connectivity index (χ3n) is 4.15. The molecule has 1 aliphatic heterocycles. The molecule has 0 saturated heterocycles. The highest BCUT2D eigenvalue weighted by atomic mass is 16.5. The molecular formula is C19H20N2O3. The fourth-order valence-electron chi connectivity index (χ4n) is 2.92. The standard InChI is InChI=1S/C19H20N2O3/c1-4-21-17-10-7-14(22)11-16(17)18(20-12(2)19(21)23)13-5-8-15(24-3)9-6-13/h5-12,22H,4H2,1-3H3/t12-/m0/s1. The number of nitrogens with zero attached hydrogens (tertiary/aromatic N) is 2. The van der Waals surface area contributed by atoms with Crippen LogP contribution in [0.4, 0.5) is 5.69 Å². The van der Waals surface area contributed by atoms with Crippen molar-refractivity contribution in [1.29, 1.82) is 0 Å². The minimum atomic E-state index is -0.489. The zero-order valence-electron chi connectivity index (χ0n) is 14.0. The van der Waals surface area contributed by atoms with Gasteiger partial charge in [-0.2, -0.15) is 0 Å². The molecule has 1 N–H and O–H groups in total. The van der Waals surface area contributed by atoms with Crippen molar-refractivity contribution in [2.75, 3.05) is 18.6 Å². The van der Waals surface area contributed by atoms with Crippen molar-refractivity contribution in [3.63, 3.8) is 0 Å². The summed E-state index contributed by atoms with van der Waals surface area (Å²) in [5.74, 6) is 0.851. The second-order valence-corrected chi connectivity index (χ2v) is 5.67. The van der Waals surface area contributed by atoms with E-state index >= 15 is 0 Å². The lowest BCUT2D eigenvalue weighted by atomic mass is 9.99. The Labute approximate surface area is 141 Å². The molecule has 3 rings (SSSR count). The van der Waals surface area contributed by atoms with Crippen LogP contribution < -0.4 is 9.64 Å². The maximum Gasteiger partial charge on any atom is 0.251 e. The highest BCUT2D eigenvalue weighted by Gasteiger charge is 2.28. The van der Waals surface area contributed by atoms with E-state index < -0.39 is 6.04 Å². The van der Waals surface area contributed by atoms with Crippen molar-refractivity contribution >= 4 is 17.3 Å². The van der Waals surface area contributed by atoms with Crippen LogP contribution >= 0.6 is 0 Å². The second kappa shape index (κ2) is 6.35. The number of hydrogen-bond acceptors (Lipinski definition) is 4. The topological polar surface area (TPSA) is 62.1 Å². The first-order valence-electron chi connectivity index (χ1n) is 7.92. The van der Waals surface area contributed by atoms with Crippen molar-refractivity contribution in [1.82, 2.24) is 0 Å². The Balaban J connectivity index is 2.21. The number of anilines is 1. The van der Waals surface area contributed by atoms with Gasteiger partial charge in [0.15, 0.2) is 0 Å². The van der Waals surface area contributed by atoms with Crippen LogP contribution in [0.3, 0.4) is 0 Å².